The molecule has 1 amide bonds. The smallest absolute Gasteiger partial charge is 0.256 e. The van der Waals surface area contributed by atoms with Gasteiger partial charge in [-0.05, 0) is 38.3 Å². The lowest BCUT2D eigenvalue weighted by atomic mass is 9.94. The minimum atomic E-state index is -0.987. The van der Waals surface area contributed by atoms with Crippen LogP contribution in [0.4, 0.5) is 0 Å². The Hall–Kier alpha value is -2.14. The van der Waals surface area contributed by atoms with Gasteiger partial charge in [-0.2, -0.15) is 5.10 Å². The molecule has 5 nitrogen and oxygen atoms in total. The Morgan fingerprint density at radius 2 is 2.00 bits per heavy atom. The lowest BCUT2D eigenvalue weighted by Gasteiger charge is -2.28. The summed E-state index contributed by atoms with van der Waals surface area (Å²) >= 11 is 0. The molecule has 1 aromatic heterocycles. The fraction of sp³-hybridized carbons (Fsp3) is 0.474. The SMILES string of the molecule is CO[C@](C)(C(=O)NC[C@@H](C)Cn1nc(C)cc1C)c1ccccc1. The van der Waals surface area contributed by atoms with Crippen molar-refractivity contribution in [2.75, 3.05) is 13.7 Å². The van der Waals surface area contributed by atoms with Crippen LogP contribution in [0.3, 0.4) is 0 Å². The Balaban J connectivity index is 1.97. The number of methoxy groups -OCH3 is 1. The van der Waals surface area contributed by atoms with Gasteiger partial charge < -0.3 is 10.1 Å². The molecule has 1 N–H and O–H groups in total. The summed E-state index contributed by atoms with van der Waals surface area (Å²) in [5.74, 6) is 0.139. The molecule has 1 aromatic carbocycles. The first-order chi connectivity index (χ1) is 11.4. The molecule has 0 aliphatic rings. The van der Waals surface area contributed by atoms with Gasteiger partial charge in [-0.1, -0.05) is 37.3 Å². The number of nitrogens with one attached hydrogen (secondary N) is 1. The molecule has 1 heterocycles. The van der Waals surface area contributed by atoms with Crippen LogP contribution in [0.2, 0.25) is 0 Å². The molecule has 0 aliphatic carbocycles. The van der Waals surface area contributed by atoms with Crippen LogP contribution in [0.15, 0.2) is 36.4 Å². The van der Waals surface area contributed by atoms with Gasteiger partial charge in [0.25, 0.3) is 5.91 Å². The van der Waals surface area contributed by atoms with Crippen molar-refractivity contribution < 1.29 is 9.53 Å². The fourth-order valence-corrected chi connectivity index (χ4v) is 2.75. The van der Waals surface area contributed by atoms with E-state index >= 15 is 0 Å². The molecular formula is C19H27N3O2. The molecule has 2 rings (SSSR count). The summed E-state index contributed by atoms with van der Waals surface area (Å²) in [7, 11) is 1.56. The predicted octanol–water partition coefficient (Wildman–Crippen LogP) is 2.81. The van der Waals surface area contributed by atoms with E-state index in [1.165, 1.54) is 0 Å². The van der Waals surface area contributed by atoms with Crippen LogP contribution in [0.1, 0.15) is 30.8 Å². The van der Waals surface area contributed by atoms with Crippen molar-refractivity contribution in [1.82, 2.24) is 15.1 Å². The Labute approximate surface area is 144 Å². The van der Waals surface area contributed by atoms with E-state index in [2.05, 4.69) is 23.4 Å². The number of hydrogen-bond acceptors (Lipinski definition) is 3. The van der Waals surface area contributed by atoms with E-state index in [0.717, 1.165) is 23.5 Å². The normalized spacial score (nSPS) is 14.9. The minimum absolute atomic E-state index is 0.128. The number of aromatic nitrogens is 2. The van der Waals surface area contributed by atoms with E-state index in [9.17, 15) is 4.79 Å². The largest absolute Gasteiger partial charge is 0.364 e. The van der Waals surface area contributed by atoms with Gasteiger partial charge >= 0.3 is 0 Å². The fourth-order valence-electron chi connectivity index (χ4n) is 2.75. The summed E-state index contributed by atoms with van der Waals surface area (Å²) in [6.45, 7) is 9.27. The number of carbonyl (C=O) groups excluding carboxylic acids is 1. The molecule has 0 spiro atoms. The zero-order valence-electron chi connectivity index (χ0n) is 15.2. The highest BCUT2D eigenvalue weighted by molar-refractivity contribution is 5.86. The number of rotatable bonds is 7. The number of nitrogens with zero attached hydrogens (tertiary/aromatic N) is 2. The average Bonchev–Trinajstić information content (AvgIpc) is 2.89. The van der Waals surface area contributed by atoms with Gasteiger partial charge in [-0.15, -0.1) is 0 Å². The Bertz CT molecular complexity index is 681. The summed E-state index contributed by atoms with van der Waals surface area (Å²) in [5, 5.41) is 7.48. The molecular weight excluding hydrogens is 302 g/mol. The van der Waals surface area contributed by atoms with Crippen molar-refractivity contribution in [1.29, 1.82) is 0 Å². The van der Waals surface area contributed by atoms with Crippen LogP contribution in [0.5, 0.6) is 0 Å². The maximum atomic E-state index is 12.7. The number of aryl methyl sites for hydroxylation is 2. The first-order valence-electron chi connectivity index (χ1n) is 8.27. The molecule has 0 saturated heterocycles. The number of benzene rings is 1. The number of carbonyl (C=O) groups is 1. The first-order valence-corrected chi connectivity index (χ1v) is 8.27. The van der Waals surface area contributed by atoms with Crippen molar-refractivity contribution in [3.8, 4) is 0 Å². The second kappa shape index (κ2) is 7.62. The summed E-state index contributed by atoms with van der Waals surface area (Å²) in [5.41, 5.74) is 2.01. The topological polar surface area (TPSA) is 56.1 Å². The standard InChI is InChI=1S/C19H27N3O2/c1-14(13-22-16(3)11-15(2)21-22)12-20-18(23)19(4,24-5)17-9-7-6-8-10-17/h6-11,14H,12-13H2,1-5H3,(H,20,23)/t14-,19+/m1/s1. The van der Waals surface area contributed by atoms with E-state index in [1.807, 2.05) is 48.9 Å². The highest BCUT2D eigenvalue weighted by atomic mass is 16.5. The summed E-state index contributed by atoms with van der Waals surface area (Å²) in [6.07, 6.45) is 0. The van der Waals surface area contributed by atoms with Gasteiger partial charge in [0.15, 0.2) is 5.60 Å². The van der Waals surface area contributed by atoms with Crippen molar-refractivity contribution in [3.05, 3.63) is 53.3 Å². The Morgan fingerprint density at radius 3 is 2.54 bits per heavy atom. The molecule has 130 valence electrons. The summed E-state index contributed by atoms with van der Waals surface area (Å²) in [4.78, 5) is 12.7. The van der Waals surface area contributed by atoms with Gasteiger partial charge in [0, 0.05) is 25.9 Å². The molecule has 0 fully saturated rings. The van der Waals surface area contributed by atoms with Crippen LogP contribution in [-0.2, 0) is 21.7 Å². The van der Waals surface area contributed by atoms with Crippen LogP contribution < -0.4 is 5.32 Å². The van der Waals surface area contributed by atoms with Crippen LogP contribution in [0, 0.1) is 19.8 Å². The van der Waals surface area contributed by atoms with Crippen molar-refractivity contribution in [3.63, 3.8) is 0 Å². The van der Waals surface area contributed by atoms with E-state index in [4.69, 9.17) is 4.74 Å². The minimum Gasteiger partial charge on any atom is -0.364 e. The number of hydrogen-bond donors (Lipinski definition) is 1. The molecule has 2 atom stereocenters. The predicted molar refractivity (Wildman–Crippen MR) is 94.7 cm³/mol. The lowest BCUT2D eigenvalue weighted by Crippen LogP contribution is -2.45. The Kier molecular flexibility index (Phi) is 5.78. The Morgan fingerprint density at radius 1 is 1.33 bits per heavy atom. The second-order valence-corrected chi connectivity index (χ2v) is 6.53. The second-order valence-electron chi connectivity index (χ2n) is 6.53. The molecule has 0 saturated carbocycles. The lowest BCUT2D eigenvalue weighted by molar-refractivity contribution is -0.142. The highest BCUT2D eigenvalue weighted by Crippen LogP contribution is 2.24. The van der Waals surface area contributed by atoms with Crippen LogP contribution in [0.25, 0.3) is 0 Å². The zero-order chi connectivity index (χ0) is 17.7. The molecule has 0 bridgehead atoms. The van der Waals surface area contributed by atoms with Crippen LogP contribution >= 0.6 is 0 Å². The van der Waals surface area contributed by atoms with Crippen molar-refractivity contribution in [2.24, 2.45) is 5.92 Å². The monoisotopic (exact) mass is 329 g/mol. The quantitative estimate of drug-likeness (QED) is 0.850. The van der Waals surface area contributed by atoms with E-state index in [-0.39, 0.29) is 11.8 Å². The average molecular weight is 329 g/mol. The molecule has 0 radical (unpaired) electrons. The molecule has 2 aromatic rings. The maximum absolute atomic E-state index is 12.7. The van der Waals surface area contributed by atoms with E-state index in [0.29, 0.717) is 6.54 Å². The third-order valence-corrected chi connectivity index (χ3v) is 4.37. The summed E-state index contributed by atoms with van der Waals surface area (Å²) in [6, 6.07) is 11.6. The van der Waals surface area contributed by atoms with E-state index < -0.39 is 5.60 Å². The van der Waals surface area contributed by atoms with Crippen LogP contribution in [-0.4, -0.2) is 29.3 Å². The van der Waals surface area contributed by atoms with Crippen molar-refractivity contribution in [2.45, 2.75) is 39.8 Å². The number of amides is 1. The maximum Gasteiger partial charge on any atom is 0.256 e. The van der Waals surface area contributed by atoms with Gasteiger partial charge in [0.05, 0.1) is 5.69 Å². The van der Waals surface area contributed by atoms with Crippen molar-refractivity contribution >= 4 is 5.91 Å². The van der Waals surface area contributed by atoms with Gasteiger partial charge in [0.1, 0.15) is 0 Å². The third kappa shape index (κ3) is 4.03. The third-order valence-electron chi connectivity index (χ3n) is 4.37. The van der Waals surface area contributed by atoms with E-state index in [1.54, 1.807) is 14.0 Å². The number of ether oxygens (including phenoxy) is 1. The highest BCUT2D eigenvalue weighted by Gasteiger charge is 2.35. The van der Waals surface area contributed by atoms with Gasteiger partial charge in [-0.25, -0.2) is 0 Å². The molecule has 0 aliphatic heterocycles. The zero-order valence-corrected chi connectivity index (χ0v) is 15.2. The molecule has 5 heteroatoms. The molecule has 0 unspecified atom stereocenters. The molecule has 24 heavy (non-hydrogen) atoms. The summed E-state index contributed by atoms with van der Waals surface area (Å²) < 4.78 is 7.51. The van der Waals surface area contributed by atoms with Gasteiger partial charge in [-0.3, -0.25) is 9.48 Å². The van der Waals surface area contributed by atoms with Gasteiger partial charge in [0.2, 0.25) is 0 Å². The first kappa shape index (κ1) is 18.2.